The Kier molecular flexibility index (Phi) is 4.55. The van der Waals surface area contributed by atoms with E-state index in [-0.39, 0.29) is 5.54 Å². The highest BCUT2D eigenvalue weighted by molar-refractivity contribution is 5.93. The van der Waals surface area contributed by atoms with Crippen LogP contribution in [0.3, 0.4) is 0 Å². The first-order valence-corrected chi connectivity index (χ1v) is 9.62. The number of aryl methyl sites for hydroxylation is 2. The predicted molar refractivity (Wildman–Crippen MR) is 116 cm³/mol. The summed E-state index contributed by atoms with van der Waals surface area (Å²) in [7, 11) is 0. The van der Waals surface area contributed by atoms with Crippen LogP contribution in [0.5, 0.6) is 0 Å². The lowest BCUT2D eigenvalue weighted by Crippen LogP contribution is -2.34. The minimum Gasteiger partial charge on any atom is -0.452 e. The molecule has 4 aromatic rings. The van der Waals surface area contributed by atoms with Crippen LogP contribution in [0.2, 0.25) is 0 Å². The molecule has 0 aliphatic carbocycles. The molecule has 144 valence electrons. The van der Waals surface area contributed by atoms with Crippen molar-refractivity contribution in [3.63, 3.8) is 0 Å². The fraction of sp³-hybridized carbons (Fsp3) is 0.304. The Balaban J connectivity index is 1.84. The smallest absolute Gasteiger partial charge is 0.198 e. The molecule has 2 aromatic heterocycles. The van der Waals surface area contributed by atoms with Gasteiger partial charge in [0.25, 0.3) is 0 Å². The minimum absolute atomic E-state index is 0.232. The van der Waals surface area contributed by atoms with E-state index < -0.39 is 0 Å². The zero-order valence-electron chi connectivity index (χ0n) is 16.8. The van der Waals surface area contributed by atoms with Gasteiger partial charge in [0.05, 0.1) is 5.52 Å². The number of furan rings is 1. The molecular formula is C23H26N4O. The fourth-order valence-corrected chi connectivity index (χ4v) is 3.42. The summed E-state index contributed by atoms with van der Waals surface area (Å²) in [5, 5.41) is 5.56. The van der Waals surface area contributed by atoms with Gasteiger partial charge in [-0.15, -0.1) is 0 Å². The second-order valence-corrected chi connectivity index (χ2v) is 8.08. The Hall–Kier alpha value is -2.92. The Morgan fingerprint density at radius 2 is 1.75 bits per heavy atom. The number of anilines is 1. The first-order valence-electron chi connectivity index (χ1n) is 9.62. The van der Waals surface area contributed by atoms with Gasteiger partial charge in [-0.05, 0) is 51.8 Å². The van der Waals surface area contributed by atoms with Crippen molar-refractivity contribution < 1.29 is 4.42 Å². The molecular weight excluding hydrogens is 348 g/mol. The van der Waals surface area contributed by atoms with Crippen molar-refractivity contribution in [2.45, 2.75) is 39.7 Å². The lowest BCUT2D eigenvalue weighted by Gasteiger charge is -2.19. The van der Waals surface area contributed by atoms with Gasteiger partial charge in [-0.2, -0.15) is 0 Å². The van der Waals surface area contributed by atoms with Crippen LogP contribution in [0.4, 0.5) is 5.82 Å². The van der Waals surface area contributed by atoms with Crippen molar-refractivity contribution in [2.24, 2.45) is 5.73 Å². The Morgan fingerprint density at radius 1 is 1.00 bits per heavy atom. The highest BCUT2D eigenvalue weighted by atomic mass is 16.3. The summed E-state index contributed by atoms with van der Waals surface area (Å²) in [6, 6.07) is 14.2. The maximum Gasteiger partial charge on any atom is 0.198 e. The predicted octanol–water partition coefficient (Wildman–Crippen LogP) is 5.20. The second kappa shape index (κ2) is 6.91. The van der Waals surface area contributed by atoms with Gasteiger partial charge in [0.15, 0.2) is 11.6 Å². The van der Waals surface area contributed by atoms with E-state index in [0.717, 1.165) is 51.8 Å². The monoisotopic (exact) mass is 374 g/mol. The zero-order valence-corrected chi connectivity index (χ0v) is 16.8. The van der Waals surface area contributed by atoms with E-state index in [0.29, 0.717) is 11.6 Å². The third-order valence-electron chi connectivity index (χ3n) is 5.04. The molecule has 0 radical (unpaired) electrons. The van der Waals surface area contributed by atoms with E-state index in [1.807, 2.05) is 44.2 Å². The molecule has 2 aromatic carbocycles. The number of hydrogen-bond acceptors (Lipinski definition) is 5. The Bertz CT molecular complexity index is 1150. The van der Waals surface area contributed by atoms with Crippen LogP contribution < -0.4 is 11.1 Å². The third kappa shape index (κ3) is 3.45. The number of nitrogens with one attached hydrogen (secondary N) is 1. The summed E-state index contributed by atoms with van der Waals surface area (Å²) in [6.45, 7) is 8.91. The molecule has 0 amide bonds. The highest BCUT2D eigenvalue weighted by Gasteiger charge is 2.18. The fourth-order valence-electron chi connectivity index (χ4n) is 3.42. The molecule has 5 heteroatoms. The van der Waals surface area contributed by atoms with Crippen molar-refractivity contribution in [3.05, 3.63) is 53.6 Å². The Labute approximate surface area is 165 Å². The van der Waals surface area contributed by atoms with Crippen molar-refractivity contribution in [1.82, 2.24) is 9.97 Å². The van der Waals surface area contributed by atoms with Gasteiger partial charge in [0.2, 0.25) is 0 Å². The van der Waals surface area contributed by atoms with E-state index in [1.54, 1.807) is 0 Å². The van der Waals surface area contributed by atoms with Crippen LogP contribution in [0, 0.1) is 13.8 Å². The quantitative estimate of drug-likeness (QED) is 0.502. The molecule has 0 fully saturated rings. The maximum atomic E-state index is 6.13. The topological polar surface area (TPSA) is 77.0 Å². The number of nitrogens with zero attached hydrogens (tertiary/aromatic N) is 2. The van der Waals surface area contributed by atoms with Gasteiger partial charge in [0.1, 0.15) is 11.4 Å². The van der Waals surface area contributed by atoms with Gasteiger partial charge < -0.3 is 15.5 Å². The zero-order chi connectivity index (χ0) is 19.9. The van der Waals surface area contributed by atoms with E-state index in [1.165, 1.54) is 0 Å². The van der Waals surface area contributed by atoms with E-state index in [9.17, 15) is 0 Å². The second-order valence-electron chi connectivity index (χ2n) is 8.08. The van der Waals surface area contributed by atoms with Crippen LogP contribution in [-0.2, 0) is 0 Å². The standard InChI is InChI=1S/C23H26N4O/c1-14-8-7-10-17-19(14)26-22(27-21(17)25-13-12-23(3,4)24)20-15(2)16-9-5-6-11-18(16)28-20/h5-11H,12-13,24H2,1-4H3,(H,25,26,27). The lowest BCUT2D eigenvalue weighted by molar-refractivity contribution is 0.490. The molecule has 28 heavy (non-hydrogen) atoms. The number of rotatable bonds is 5. The summed E-state index contributed by atoms with van der Waals surface area (Å²) in [5.74, 6) is 2.13. The van der Waals surface area contributed by atoms with Crippen molar-refractivity contribution in [1.29, 1.82) is 0 Å². The summed E-state index contributed by atoms with van der Waals surface area (Å²) < 4.78 is 6.11. The van der Waals surface area contributed by atoms with Crippen molar-refractivity contribution >= 4 is 27.7 Å². The van der Waals surface area contributed by atoms with Crippen molar-refractivity contribution in [2.75, 3.05) is 11.9 Å². The number of fused-ring (bicyclic) bond motifs is 2. The van der Waals surface area contributed by atoms with Crippen LogP contribution in [0.1, 0.15) is 31.4 Å². The summed E-state index contributed by atoms with van der Waals surface area (Å²) in [6.07, 6.45) is 0.837. The van der Waals surface area contributed by atoms with E-state index in [2.05, 4.69) is 31.3 Å². The maximum absolute atomic E-state index is 6.13. The number of hydrogen-bond donors (Lipinski definition) is 2. The first-order chi connectivity index (χ1) is 13.3. The van der Waals surface area contributed by atoms with Gasteiger partial charge in [-0.25, -0.2) is 9.97 Å². The molecule has 0 spiro atoms. The van der Waals surface area contributed by atoms with Crippen molar-refractivity contribution in [3.8, 4) is 11.6 Å². The average molecular weight is 374 g/mol. The average Bonchev–Trinajstić information content (AvgIpc) is 2.98. The molecule has 2 heterocycles. The molecule has 0 saturated heterocycles. The number of benzene rings is 2. The van der Waals surface area contributed by atoms with Crippen LogP contribution >= 0.6 is 0 Å². The first kappa shape index (κ1) is 18.4. The number of aromatic nitrogens is 2. The molecule has 0 saturated carbocycles. The SMILES string of the molecule is Cc1c(-c2nc(NCCC(C)(C)N)c3cccc(C)c3n2)oc2ccccc12. The molecule has 3 N–H and O–H groups in total. The number of para-hydroxylation sites is 2. The number of nitrogens with two attached hydrogens (primary N) is 1. The van der Waals surface area contributed by atoms with Crippen LogP contribution in [-0.4, -0.2) is 22.1 Å². The molecule has 0 bridgehead atoms. The molecule has 0 atom stereocenters. The highest BCUT2D eigenvalue weighted by Crippen LogP contribution is 2.33. The van der Waals surface area contributed by atoms with Crippen LogP contribution in [0.25, 0.3) is 33.5 Å². The largest absolute Gasteiger partial charge is 0.452 e. The van der Waals surface area contributed by atoms with Gasteiger partial charge in [0, 0.05) is 28.4 Å². The molecule has 0 aliphatic heterocycles. The van der Waals surface area contributed by atoms with Crippen LogP contribution in [0.15, 0.2) is 46.9 Å². The van der Waals surface area contributed by atoms with E-state index >= 15 is 0 Å². The molecule has 0 aliphatic rings. The van der Waals surface area contributed by atoms with E-state index in [4.69, 9.17) is 20.1 Å². The van der Waals surface area contributed by atoms with Gasteiger partial charge in [-0.1, -0.05) is 30.3 Å². The van der Waals surface area contributed by atoms with Gasteiger partial charge in [-0.3, -0.25) is 0 Å². The molecule has 5 nitrogen and oxygen atoms in total. The summed E-state index contributed by atoms with van der Waals surface area (Å²) >= 11 is 0. The normalized spacial score (nSPS) is 12.0. The lowest BCUT2D eigenvalue weighted by atomic mass is 10.0. The third-order valence-corrected chi connectivity index (χ3v) is 5.04. The molecule has 4 rings (SSSR count). The molecule has 0 unspecified atom stereocenters. The summed E-state index contributed by atoms with van der Waals surface area (Å²) in [5.41, 5.74) is 9.84. The van der Waals surface area contributed by atoms with Gasteiger partial charge >= 0.3 is 0 Å². The Morgan fingerprint density at radius 3 is 2.50 bits per heavy atom. The minimum atomic E-state index is -0.232. The summed E-state index contributed by atoms with van der Waals surface area (Å²) in [4.78, 5) is 9.68.